The highest BCUT2D eigenvalue weighted by molar-refractivity contribution is 9.10. The molecule has 4 nitrogen and oxygen atoms in total. The van der Waals surface area contributed by atoms with Gasteiger partial charge in [-0.3, -0.25) is 4.68 Å². The molecule has 21 heavy (non-hydrogen) atoms. The summed E-state index contributed by atoms with van der Waals surface area (Å²) in [7, 11) is 0. The zero-order valence-corrected chi connectivity index (χ0v) is 15.7. The van der Waals surface area contributed by atoms with E-state index in [0.29, 0.717) is 17.3 Å². The van der Waals surface area contributed by atoms with Crippen LogP contribution in [-0.4, -0.2) is 14.8 Å². The van der Waals surface area contributed by atoms with Gasteiger partial charge in [-0.1, -0.05) is 28.1 Å². The van der Waals surface area contributed by atoms with Crippen molar-refractivity contribution < 1.29 is 4.74 Å². The molecule has 1 aromatic carbocycles. The van der Waals surface area contributed by atoms with Crippen molar-refractivity contribution in [3.05, 3.63) is 44.1 Å². The summed E-state index contributed by atoms with van der Waals surface area (Å²) in [4.78, 5) is 0.311. The van der Waals surface area contributed by atoms with Crippen LogP contribution in [0.2, 0.25) is 0 Å². The van der Waals surface area contributed by atoms with Crippen molar-refractivity contribution in [2.75, 3.05) is 0 Å². The van der Waals surface area contributed by atoms with Crippen molar-refractivity contribution in [3.63, 3.8) is 0 Å². The molecule has 2 rings (SSSR count). The molecule has 1 heterocycles. The first-order valence-corrected chi connectivity index (χ1v) is 8.37. The van der Waals surface area contributed by atoms with Gasteiger partial charge in [-0.2, -0.15) is 5.10 Å². The smallest absolute Gasteiger partial charge is 0.131 e. The lowest BCUT2D eigenvalue weighted by Crippen LogP contribution is -2.13. The number of thiocarbonyl (C=S) groups is 1. The molecule has 0 radical (unpaired) electrons. The molecule has 0 atom stereocenters. The van der Waals surface area contributed by atoms with Crippen LogP contribution in [0.3, 0.4) is 0 Å². The van der Waals surface area contributed by atoms with Crippen LogP contribution in [0.4, 0.5) is 0 Å². The van der Waals surface area contributed by atoms with E-state index in [4.69, 9.17) is 22.7 Å². The number of aryl methyl sites for hydroxylation is 2. The predicted molar refractivity (Wildman–Crippen MR) is 94.7 cm³/mol. The molecule has 0 aliphatic heterocycles. The average molecular weight is 433 g/mol. The van der Waals surface area contributed by atoms with Crippen molar-refractivity contribution in [1.82, 2.24) is 9.78 Å². The van der Waals surface area contributed by atoms with Crippen LogP contribution in [0.1, 0.15) is 23.9 Å². The number of hydrogen-bond acceptors (Lipinski definition) is 3. The highest BCUT2D eigenvalue weighted by Gasteiger charge is 2.14. The molecule has 0 aliphatic rings. The Morgan fingerprint density at radius 1 is 1.43 bits per heavy atom. The summed E-state index contributed by atoms with van der Waals surface area (Å²) in [6.45, 7) is 5.18. The molecule has 0 saturated heterocycles. The van der Waals surface area contributed by atoms with Crippen molar-refractivity contribution >= 4 is 49.1 Å². The number of nitrogens with two attached hydrogens (primary N) is 1. The summed E-state index contributed by atoms with van der Waals surface area (Å²) in [5.74, 6) is 0.666. The highest BCUT2D eigenvalue weighted by Crippen LogP contribution is 2.26. The lowest BCUT2D eigenvalue weighted by molar-refractivity contribution is 0.291. The SMILES string of the molecule is CCn1nc(C)c(Br)c1COc1ccc(Br)cc1C(N)=S. The summed E-state index contributed by atoms with van der Waals surface area (Å²) in [6, 6.07) is 5.61. The lowest BCUT2D eigenvalue weighted by atomic mass is 10.2. The first-order chi connectivity index (χ1) is 9.93. The normalized spacial score (nSPS) is 10.7. The first kappa shape index (κ1) is 16.5. The maximum Gasteiger partial charge on any atom is 0.131 e. The van der Waals surface area contributed by atoms with E-state index in [0.717, 1.165) is 32.4 Å². The number of ether oxygens (including phenoxy) is 1. The van der Waals surface area contributed by atoms with Crippen LogP contribution in [-0.2, 0) is 13.2 Å². The van der Waals surface area contributed by atoms with Crippen molar-refractivity contribution in [2.24, 2.45) is 5.73 Å². The van der Waals surface area contributed by atoms with Crippen LogP contribution in [0.15, 0.2) is 27.1 Å². The van der Waals surface area contributed by atoms with Gasteiger partial charge in [-0.15, -0.1) is 0 Å². The van der Waals surface area contributed by atoms with Crippen molar-refractivity contribution in [1.29, 1.82) is 0 Å². The molecular weight excluding hydrogens is 418 g/mol. The second-order valence-corrected chi connectivity index (χ2v) is 6.60. The van der Waals surface area contributed by atoms with E-state index in [1.165, 1.54) is 0 Å². The molecular formula is C14H15Br2N3OS. The van der Waals surface area contributed by atoms with E-state index >= 15 is 0 Å². The van der Waals surface area contributed by atoms with Gasteiger partial charge < -0.3 is 10.5 Å². The second-order valence-electron chi connectivity index (χ2n) is 4.46. The fourth-order valence-corrected chi connectivity index (χ4v) is 2.89. The zero-order valence-electron chi connectivity index (χ0n) is 11.7. The average Bonchev–Trinajstić information content (AvgIpc) is 2.72. The summed E-state index contributed by atoms with van der Waals surface area (Å²) >= 11 is 12.0. The molecule has 7 heteroatoms. The Morgan fingerprint density at radius 2 is 2.14 bits per heavy atom. The molecule has 0 amide bonds. The fourth-order valence-electron chi connectivity index (χ4n) is 1.97. The van der Waals surface area contributed by atoms with Gasteiger partial charge in [0, 0.05) is 11.0 Å². The molecule has 2 aromatic rings. The Labute approximate surface area is 145 Å². The monoisotopic (exact) mass is 431 g/mol. The first-order valence-electron chi connectivity index (χ1n) is 6.38. The maximum absolute atomic E-state index is 5.90. The number of benzene rings is 1. The van der Waals surface area contributed by atoms with Crippen LogP contribution in [0, 0.1) is 6.92 Å². The Balaban J connectivity index is 2.27. The Bertz CT molecular complexity index is 685. The standard InChI is InChI=1S/C14H15Br2N3OS/c1-3-19-11(13(16)8(2)18-19)7-20-12-5-4-9(15)6-10(12)14(17)21/h4-6H,3,7H2,1-2H3,(H2,17,21). The highest BCUT2D eigenvalue weighted by atomic mass is 79.9. The van der Waals surface area contributed by atoms with Gasteiger partial charge in [-0.05, 0) is 48.0 Å². The zero-order chi connectivity index (χ0) is 15.6. The minimum Gasteiger partial charge on any atom is -0.487 e. The summed E-state index contributed by atoms with van der Waals surface area (Å²) in [5.41, 5.74) is 8.40. The summed E-state index contributed by atoms with van der Waals surface area (Å²) < 4.78 is 9.69. The van der Waals surface area contributed by atoms with Gasteiger partial charge in [0.2, 0.25) is 0 Å². The molecule has 0 saturated carbocycles. The summed E-state index contributed by atoms with van der Waals surface area (Å²) in [6.07, 6.45) is 0. The van der Waals surface area contributed by atoms with E-state index in [1.54, 1.807) is 0 Å². The Hall–Kier alpha value is -0.920. The number of hydrogen-bond donors (Lipinski definition) is 1. The predicted octanol–water partition coefficient (Wildman–Crippen LogP) is 3.95. The molecule has 0 fully saturated rings. The van der Waals surface area contributed by atoms with Crippen LogP contribution in [0.25, 0.3) is 0 Å². The molecule has 0 bridgehead atoms. The number of halogens is 2. The Kier molecular flexibility index (Phi) is 5.40. The van der Waals surface area contributed by atoms with Gasteiger partial charge in [-0.25, -0.2) is 0 Å². The van der Waals surface area contributed by atoms with E-state index in [2.05, 4.69) is 37.0 Å². The number of nitrogens with zero attached hydrogens (tertiary/aromatic N) is 2. The largest absolute Gasteiger partial charge is 0.487 e. The van der Waals surface area contributed by atoms with Crippen molar-refractivity contribution in [2.45, 2.75) is 27.0 Å². The van der Waals surface area contributed by atoms with Gasteiger partial charge in [0.1, 0.15) is 17.3 Å². The third-order valence-corrected chi connectivity index (χ3v) is 4.77. The Morgan fingerprint density at radius 3 is 2.76 bits per heavy atom. The van der Waals surface area contributed by atoms with E-state index < -0.39 is 0 Å². The van der Waals surface area contributed by atoms with E-state index in [1.807, 2.05) is 36.7 Å². The van der Waals surface area contributed by atoms with Crippen LogP contribution >= 0.6 is 44.1 Å². The lowest BCUT2D eigenvalue weighted by Gasteiger charge is -2.12. The molecule has 0 unspecified atom stereocenters. The molecule has 0 spiro atoms. The fraction of sp³-hybridized carbons (Fsp3) is 0.286. The molecule has 2 N–H and O–H groups in total. The molecule has 0 aliphatic carbocycles. The number of rotatable bonds is 5. The minimum absolute atomic E-state index is 0.311. The van der Waals surface area contributed by atoms with Gasteiger partial charge in [0.25, 0.3) is 0 Å². The minimum atomic E-state index is 0.311. The van der Waals surface area contributed by atoms with Crippen LogP contribution < -0.4 is 10.5 Å². The van der Waals surface area contributed by atoms with E-state index in [9.17, 15) is 0 Å². The second kappa shape index (κ2) is 6.89. The van der Waals surface area contributed by atoms with Gasteiger partial charge in [0.15, 0.2) is 0 Å². The van der Waals surface area contributed by atoms with Gasteiger partial charge in [0.05, 0.1) is 21.4 Å². The molecule has 112 valence electrons. The number of aromatic nitrogens is 2. The third-order valence-electron chi connectivity index (χ3n) is 3.02. The quantitative estimate of drug-likeness (QED) is 0.726. The molecule has 1 aromatic heterocycles. The summed E-state index contributed by atoms with van der Waals surface area (Å²) in [5, 5.41) is 4.44. The maximum atomic E-state index is 5.90. The third kappa shape index (κ3) is 3.64. The van der Waals surface area contributed by atoms with Crippen molar-refractivity contribution in [3.8, 4) is 5.75 Å². The van der Waals surface area contributed by atoms with Gasteiger partial charge >= 0.3 is 0 Å². The van der Waals surface area contributed by atoms with E-state index in [-0.39, 0.29) is 0 Å². The topological polar surface area (TPSA) is 53.1 Å². The van der Waals surface area contributed by atoms with Crippen LogP contribution in [0.5, 0.6) is 5.75 Å².